The Hall–Kier alpha value is -2.80. The first kappa shape index (κ1) is 15.6. The van der Waals surface area contributed by atoms with Crippen LogP contribution in [0.15, 0.2) is 48.5 Å². The molecule has 0 aliphatic heterocycles. The smallest absolute Gasteiger partial charge is 0.258 e. The Labute approximate surface area is 130 Å². The van der Waals surface area contributed by atoms with E-state index in [4.69, 9.17) is 10.00 Å². The molecule has 4 heteroatoms. The van der Waals surface area contributed by atoms with Crippen LogP contribution in [0.1, 0.15) is 29.7 Å². The van der Waals surface area contributed by atoms with Gasteiger partial charge in [-0.2, -0.15) is 5.26 Å². The third-order valence-electron chi connectivity index (χ3n) is 3.28. The van der Waals surface area contributed by atoms with Crippen molar-refractivity contribution in [3.63, 3.8) is 0 Å². The van der Waals surface area contributed by atoms with Gasteiger partial charge in [0, 0.05) is 0 Å². The number of carbonyl (C=O) groups is 1. The molecule has 1 unspecified atom stereocenters. The lowest BCUT2D eigenvalue weighted by Crippen LogP contribution is -2.31. The highest BCUT2D eigenvalue weighted by molar-refractivity contribution is 5.78. The Kier molecular flexibility index (Phi) is 5.16. The molecule has 0 aromatic heterocycles. The van der Waals surface area contributed by atoms with Crippen molar-refractivity contribution in [3.8, 4) is 11.8 Å². The molecular formula is C18H18N2O2. The zero-order valence-corrected chi connectivity index (χ0v) is 12.7. The highest BCUT2D eigenvalue weighted by Crippen LogP contribution is 2.14. The molecule has 0 aliphatic rings. The first-order valence-electron chi connectivity index (χ1n) is 7.07. The van der Waals surface area contributed by atoms with E-state index in [9.17, 15) is 4.79 Å². The van der Waals surface area contributed by atoms with Gasteiger partial charge < -0.3 is 10.1 Å². The summed E-state index contributed by atoms with van der Waals surface area (Å²) in [6.07, 6.45) is 0. The van der Waals surface area contributed by atoms with Crippen LogP contribution in [0.2, 0.25) is 0 Å². The summed E-state index contributed by atoms with van der Waals surface area (Å²) in [5.41, 5.74) is 2.64. The van der Waals surface area contributed by atoms with Crippen LogP contribution in [0.25, 0.3) is 0 Å². The minimum absolute atomic E-state index is 0.0237. The highest BCUT2D eigenvalue weighted by Gasteiger charge is 2.10. The lowest BCUT2D eigenvalue weighted by atomic mass is 10.1. The molecule has 0 heterocycles. The van der Waals surface area contributed by atoms with Crippen LogP contribution < -0.4 is 10.1 Å². The van der Waals surface area contributed by atoms with Crippen LogP contribution in [0.3, 0.4) is 0 Å². The van der Waals surface area contributed by atoms with E-state index in [2.05, 4.69) is 11.4 Å². The molecule has 0 fully saturated rings. The van der Waals surface area contributed by atoms with Gasteiger partial charge in [0.05, 0.1) is 17.7 Å². The predicted octanol–water partition coefficient (Wildman–Crippen LogP) is 3.12. The van der Waals surface area contributed by atoms with Crippen LogP contribution in [0.5, 0.6) is 5.75 Å². The molecule has 1 N–H and O–H groups in total. The Bertz CT molecular complexity index is 687. The van der Waals surface area contributed by atoms with E-state index in [0.29, 0.717) is 11.3 Å². The first-order chi connectivity index (χ1) is 10.6. The summed E-state index contributed by atoms with van der Waals surface area (Å²) in [5, 5.41) is 11.6. The van der Waals surface area contributed by atoms with Gasteiger partial charge in [0.1, 0.15) is 5.75 Å². The molecule has 22 heavy (non-hydrogen) atoms. The summed E-state index contributed by atoms with van der Waals surface area (Å²) in [6, 6.07) is 16.7. The largest absolute Gasteiger partial charge is 0.484 e. The third kappa shape index (κ3) is 4.35. The average molecular weight is 294 g/mol. The van der Waals surface area contributed by atoms with E-state index in [0.717, 1.165) is 11.1 Å². The molecule has 2 aromatic rings. The van der Waals surface area contributed by atoms with Crippen LogP contribution in [-0.4, -0.2) is 12.5 Å². The molecule has 1 amide bonds. The fourth-order valence-corrected chi connectivity index (χ4v) is 2.07. The summed E-state index contributed by atoms with van der Waals surface area (Å²) in [4.78, 5) is 11.9. The molecule has 112 valence electrons. The minimum atomic E-state index is -0.182. The summed E-state index contributed by atoms with van der Waals surface area (Å²) in [5.74, 6) is 0.500. The lowest BCUT2D eigenvalue weighted by molar-refractivity contribution is -0.123. The minimum Gasteiger partial charge on any atom is -0.484 e. The zero-order valence-electron chi connectivity index (χ0n) is 12.7. The van der Waals surface area contributed by atoms with Crippen molar-refractivity contribution in [2.24, 2.45) is 0 Å². The maximum atomic E-state index is 11.9. The number of nitrogens with zero attached hydrogens (tertiary/aromatic N) is 1. The van der Waals surface area contributed by atoms with Gasteiger partial charge in [-0.05, 0) is 49.2 Å². The van der Waals surface area contributed by atoms with Crippen molar-refractivity contribution in [3.05, 3.63) is 65.2 Å². The number of nitriles is 1. The predicted molar refractivity (Wildman–Crippen MR) is 84.4 cm³/mol. The fourth-order valence-electron chi connectivity index (χ4n) is 2.07. The molecule has 0 saturated heterocycles. The van der Waals surface area contributed by atoms with Crippen molar-refractivity contribution >= 4 is 5.91 Å². The lowest BCUT2D eigenvalue weighted by Gasteiger charge is -2.15. The third-order valence-corrected chi connectivity index (χ3v) is 3.28. The number of amides is 1. The second kappa shape index (κ2) is 7.28. The van der Waals surface area contributed by atoms with Crippen molar-refractivity contribution in [2.75, 3.05) is 6.61 Å². The number of aryl methyl sites for hydroxylation is 1. The number of benzene rings is 2. The monoisotopic (exact) mass is 294 g/mol. The number of hydrogen-bond acceptors (Lipinski definition) is 3. The van der Waals surface area contributed by atoms with Crippen molar-refractivity contribution in [2.45, 2.75) is 19.9 Å². The van der Waals surface area contributed by atoms with Gasteiger partial charge in [-0.25, -0.2) is 0 Å². The Morgan fingerprint density at radius 3 is 2.64 bits per heavy atom. The normalized spacial score (nSPS) is 11.3. The van der Waals surface area contributed by atoms with Gasteiger partial charge in [0.2, 0.25) is 0 Å². The van der Waals surface area contributed by atoms with Gasteiger partial charge in [0.25, 0.3) is 5.91 Å². The number of carbonyl (C=O) groups excluding carboxylic acids is 1. The Balaban J connectivity index is 1.87. The van der Waals surface area contributed by atoms with E-state index in [-0.39, 0.29) is 18.6 Å². The maximum absolute atomic E-state index is 11.9. The first-order valence-corrected chi connectivity index (χ1v) is 7.07. The molecule has 2 aromatic carbocycles. The maximum Gasteiger partial charge on any atom is 0.258 e. The van der Waals surface area contributed by atoms with E-state index in [1.165, 1.54) is 0 Å². The van der Waals surface area contributed by atoms with E-state index in [1.807, 2.05) is 50.2 Å². The van der Waals surface area contributed by atoms with Crippen LogP contribution in [0, 0.1) is 18.3 Å². The molecular weight excluding hydrogens is 276 g/mol. The van der Waals surface area contributed by atoms with E-state index < -0.39 is 0 Å². The number of rotatable bonds is 5. The standard InChI is InChI=1S/C18H18N2O2/c1-13-4-3-5-17(10-13)22-12-18(21)20-14(2)16-8-6-15(11-19)7-9-16/h3-10,14H,12H2,1-2H3,(H,20,21). The summed E-state index contributed by atoms with van der Waals surface area (Å²) in [6.45, 7) is 3.84. The van der Waals surface area contributed by atoms with Crippen LogP contribution >= 0.6 is 0 Å². The number of nitrogens with one attached hydrogen (secondary N) is 1. The zero-order chi connectivity index (χ0) is 15.9. The average Bonchev–Trinajstić information content (AvgIpc) is 2.53. The quantitative estimate of drug-likeness (QED) is 0.921. The summed E-state index contributed by atoms with van der Waals surface area (Å²) >= 11 is 0. The van der Waals surface area contributed by atoms with Gasteiger partial charge in [-0.15, -0.1) is 0 Å². The molecule has 0 aliphatic carbocycles. The van der Waals surface area contributed by atoms with Crippen LogP contribution in [-0.2, 0) is 4.79 Å². The Morgan fingerprint density at radius 1 is 1.27 bits per heavy atom. The van der Waals surface area contributed by atoms with Gasteiger partial charge in [-0.3, -0.25) is 4.79 Å². The number of hydrogen-bond donors (Lipinski definition) is 1. The highest BCUT2D eigenvalue weighted by atomic mass is 16.5. The van der Waals surface area contributed by atoms with Gasteiger partial charge >= 0.3 is 0 Å². The summed E-state index contributed by atoms with van der Waals surface area (Å²) in [7, 11) is 0. The molecule has 4 nitrogen and oxygen atoms in total. The molecule has 0 radical (unpaired) electrons. The molecule has 0 bridgehead atoms. The summed E-state index contributed by atoms with van der Waals surface area (Å²) < 4.78 is 5.47. The SMILES string of the molecule is Cc1cccc(OCC(=O)NC(C)c2ccc(C#N)cc2)c1. The second-order valence-corrected chi connectivity index (χ2v) is 5.13. The van der Waals surface area contributed by atoms with Crippen molar-refractivity contribution in [1.29, 1.82) is 5.26 Å². The second-order valence-electron chi connectivity index (χ2n) is 5.13. The van der Waals surface area contributed by atoms with E-state index in [1.54, 1.807) is 12.1 Å². The molecule has 0 spiro atoms. The fraction of sp³-hybridized carbons (Fsp3) is 0.222. The topological polar surface area (TPSA) is 62.1 Å². The molecule has 2 rings (SSSR count). The Morgan fingerprint density at radius 2 is 2.00 bits per heavy atom. The van der Waals surface area contributed by atoms with Gasteiger partial charge in [0.15, 0.2) is 6.61 Å². The molecule has 1 atom stereocenters. The van der Waals surface area contributed by atoms with Crippen LogP contribution in [0.4, 0.5) is 0 Å². The van der Waals surface area contributed by atoms with Crippen molar-refractivity contribution in [1.82, 2.24) is 5.32 Å². The molecule has 0 saturated carbocycles. The number of ether oxygens (including phenoxy) is 1. The van der Waals surface area contributed by atoms with Gasteiger partial charge in [-0.1, -0.05) is 24.3 Å². The van der Waals surface area contributed by atoms with Crippen molar-refractivity contribution < 1.29 is 9.53 Å². The van der Waals surface area contributed by atoms with E-state index >= 15 is 0 Å².